The highest BCUT2D eigenvalue weighted by atomic mass is 35.5. The maximum absolute atomic E-state index is 13.2. The Morgan fingerprint density at radius 1 is 1.00 bits per heavy atom. The highest BCUT2D eigenvalue weighted by Crippen LogP contribution is 2.37. The first-order valence-electron chi connectivity index (χ1n) is 9.27. The first-order valence-corrected chi connectivity index (χ1v) is 10.0. The van der Waals surface area contributed by atoms with Crippen molar-refractivity contribution in [3.8, 4) is 11.5 Å². The van der Waals surface area contributed by atoms with Crippen molar-refractivity contribution in [3.05, 3.63) is 57.3 Å². The van der Waals surface area contributed by atoms with Crippen molar-refractivity contribution in [2.45, 2.75) is 46.3 Å². The van der Waals surface area contributed by atoms with E-state index in [1.165, 1.54) is 25.0 Å². The molecule has 2 aromatic rings. The molecular formula is C21H26Cl2FNO2. The van der Waals surface area contributed by atoms with Gasteiger partial charge in [0.2, 0.25) is 0 Å². The number of nitrogens with one attached hydrogen (secondary N) is 1. The van der Waals surface area contributed by atoms with Crippen LogP contribution in [0.25, 0.3) is 0 Å². The maximum atomic E-state index is 13.2. The number of benzene rings is 2. The zero-order valence-corrected chi connectivity index (χ0v) is 17.3. The third-order valence-corrected chi connectivity index (χ3v) is 4.68. The molecule has 0 heterocycles. The van der Waals surface area contributed by atoms with Gasteiger partial charge in [0.15, 0.2) is 11.5 Å². The molecule has 148 valence electrons. The van der Waals surface area contributed by atoms with Gasteiger partial charge in [-0.1, -0.05) is 49.0 Å². The van der Waals surface area contributed by atoms with E-state index in [2.05, 4.69) is 12.2 Å². The molecule has 0 unspecified atom stereocenters. The monoisotopic (exact) mass is 413 g/mol. The zero-order chi connectivity index (χ0) is 19.6. The van der Waals surface area contributed by atoms with Gasteiger partial charge in [-0.25, -0.2) is 4.39 Å². The minimum Gasteiger partial charge on any atom is -0.490 e. The minimum absolute atomic E-state index is 0.174. The van der Waals surface area contributed by atoms with Gasteiger partial charge in [0.1, 0.15) is 12.4 Å². The van der Waals surface area contributed by atoms with Crippen molar-refractivity contribution in [1.82, 2.24) is 5.32 Å². The Labute approximate surface area is 170 Å². The third kappa shape index (κ3) is 6.87. The lowest BCUT2D eigenvalue weighted by Gasteiger charge is -2.16. The second kappa shape index (κ2) is 11.4. The fourth-order valence-electron chi connectivity index (χ4n) is 2.65. The molecule has 0 radical (unpaired) electrons. The summed E-state index contributed by atoms with van der Waals surface area (Å²) < 4.78 is 24.7. The van der Waals surface area contributed by atoms with Crippen LogP contribution < -0.4 is 14.8 Å². The summed E-state index contributed by atoms with van der Waals surface area (Å²) in [7, 11) is 0. The summed E-state index contributed by atoms with van der Waals surface area (Å²) in [6.07, 6.45) is 3.57. The molecule has 27 heavy (non-hydrogen) atoms. The Morgan fingerprint density at radius 3 is 2.52 bits per heavy atom. The topological polar surface area (TPSA) is 30.5 Å². The van der Waals surface area contributed by atoms with E-state index in [9.17, 15) is 4.39 Å². The van der Waals surface area contributed by atoms with Crippen LogP contribution in [0.1, 0.15) is 44.2 Å². The zero-order valence-electron chi connectivity index (χ0n) is 15.8. The molecule has 0 saturated carbocycles. The van der Waals surface area contributed by atoms with Crippen molar-refractivity contribution in [2.75, 3.05) is 13.2 Å². The number of hydrogen-bond donors (Lipinski definition) is 1. The Morgan fingerprint density at radius 2 is 1.81 bits per heavy atom. The number of rotatable bonds is 11. The van der Waals surface area contributed by atoms with Crippen molar-refractivity contribution >= 4 is 23.2 Å². The minimum atomic E-state index is -0.382. The number of ether oxygens (including phenoxy) is 2. The van der Waals surface area contributed by atoms with Crippen LogP contribution in [0.15, 0.2) is 30.3 Å². The average molecular weight is 414 g/mol. The Bertz CT molecular complexity index is 740. The van der Waals surface area contributed by atoms with E-state index in [-0.39, 0.29) is 12.4 Å². The predicted molar refractivity (Wildman–Crippen MR) is 110 cm³/mol. The molecule has 0 spiro atoms. The van der Waals surface area contributed by atoms with Gasteiger partial charge in [-0.3, -0.25) is 0 Å². The SMILES string of the molecule is CCCCCNCc1cc(Cl)c(OCc2ccc(F)cc2Cl)c(OCC)c1. The highest BCUT2D eigenvalue weighted by Gasteiger charge is 2.14. The summed E-state index contributed by atoms with van der Waals surface area (Å²) in [5.74, 6) is 0.676. The molecule has 2 rings (SSSR count). The molecule has 0 amide bonds. The second-order valence-electron chi connectivity index (χ2n) is 6.25. The summed E-state index contributed by atoms with van der Waals surface area (Å²) >= 11 is 12.5. The van der Waals surface area contributed by atoms with E-state index in [0.717, 1.165) is 18.5 Å². The molecular weight excluding hydrogens is 388 g/mol. The van der Waals surface area contributed by atoms with Crippen molar-refractivity contribution in [3.63, 3.8) is 0 Å². The van der Waals surface area contributed by atoms with Crippen LogP contribution >= 0.6 is 23.2 Å². The van der Waals surface area contributed by atoms with Gasteiger partial charge in [0.05, 0.1) is 16.7 Å². The van der Waals surface area contributed by atoms with Gasteiger partial charge in [0.25, 0.3) is 0 Å². The fraction of sp³-hybridized carbons (Fsp3) is 0.429. The highest BCUT2D eigenvalue weighted by molar-refractivity contribution is 6.32. The number of hydrogen-bond acceptors (Lipinski definition) is 3. The molecule has 0 aromatic heterocycles. The van der Waals surface area contributed by atoms with E-state index in [4.69, 9.17) is 32.7 Å². The normalized spacial score (nSPS) is 10.9. The van der Waals surface area contributed by atoms with Crippen LogP contribution in [-0.4, -0.2) is 13.2 Å². The lowest BCUT2D eigenvalue weighted by molar-refractivity contribution is 0.269. The van der Waals surface area contributed by atoms with E-state index >= 15 is 0 Å². The number of unbranched alkanes of at least 4 members (excludes halogenated alkanes) is 2. The van der Waals surface area contributed by atoms with E-state index in [1.54, 1.807) is 6.07 Å². The smallest absolute Gasteiger partial charge is 0.180 e. The lowest BCUT2D eigenvalue weighted by Crippen LogP contribution is -2.14. The van der Waals surface area contributed by atoms with Gasteiger partial charge < -0.3 is 14.8 Å². The van der Waals surface area contributed by atoms with E-state index in [1.807, 2.05) is 19.1 Å². The molecule has 0 aliphatic rings. The molecule has 6 heteroatoms. The van der Waals surface area contributed by atoms with Gasteiger partial charge in [-0.05, 0) is 49.7 Å². The summed E-state index contributed by atoms with van der Waals surface area (Å²) in [5, 5.41) is 4.21. The second-order valence-corrected chi connectivity index (χ2v) is 7.06. The molecule has 1 N–H and O–H groups in total. The average Bonchev–Trinajstić information content (AvgIpc) is 2.62. The lowest BCUT2D eigenvalue weighted by atomic mass is 10.2. The van der Waals surface area contributed by atoms with Gasteiger partial charge in [-0.15, -0.1) is 0 Å². The summed E-state index contributed by atoms with van der Waals surface area (Å²) in [4.78, 5) is 0. The van der Waals surface area contributed by atoms with E-state index in [0.29, 0.717) is 40.3 Å². The molecule has 0 aliphatic heterocycles. The fourth-order valence-corrected chi connectivity index (χ4v) is 3.16. The standard InChI is InChI=1S/C21H26Cl2FNO2/c1-3-5-6-9-25-13-15-10-19(23)21(20(11-15)26-4-2)27-14-16-7-8-17(24)12-18(16)22/h7-8,10-12,25H,3-6,9,13-14H2,1-2H3. The molecule has 2 aromatic carbocycles. The summed E-state index contributed by atoms with van der Waals surface area (Å²) in [5.41, 5.74) is 1.71. The van der Waals surface area contributed by atoms with Crippen LogP contribution in [0.5, 0.6) is 11.5 Å². The van der Waals surface area contributed by atoms with E-state index < -0.39 is 0 Å². The first kappa shape index (κ1) is 21.8. The predicted octanol–water partition coefficient (Wildman–Crippen LogP) is 6.39. The summed E-state index contributed by atoms with van der Waals surface area (Å²) in [6.45, 7) is 6.45. The van der Waals surface area contributed by atoms with Crippen LogP contribution in [0.4, 0.5) is 4.39 Å². The molecule has 3 nitrogen and oxygen atoms in total. The molecule has 0 atom stereocenters. The van der Waals surface area contributed by atoms with Crippen LogP contribution in [-0.2, 0) is 13.2 Å². The maximum Gasteiger partial charge on any atom is 0.180 e. The third-order valence-electron chi connectivity index (χ3n) is 4.04. The van der Waals surface area contributed by atoms with Crippen LogP contribution in [0.2, 0.25) is 10.0 Å². The quantitative estimate of drug-likeness (QED) is 0.432. The van der Waals surface area contributed by atoms with Gasteiger partial charge in [0, 0.05) is 12.1 Å². The summed E-state index contributed by atoms with van der Waals surface area (Å²) in [6, 6.07) is 8.02. The van der Waals surface area contributed by atoms with Crippen molar-refractivity contribution in [1.29, 1.82) is 0 Å². The van der Waals surface area contributed by atoms with Crippen LogP contribution in [0.3, 0.4) is 0 Å². The Balaban J connectivity index is 2.08. The first-order chi connectivity index (χ1) is 13.0. The largest absolute Gasteiger partial charge is 0.490 e. The van der Waals surface area contributed by atoms with Gasteiger partial charge in [-0.2, -0.15) is 0 Å². The Hall–Kier alpha value is -1.49. The van der Waals surface area contributed by atoms with Gasteiger partial charge >= 0.3 is 0 Å². The Kier molecular flexibility index (Phi) is 9.19. The van der Waals surface area contributed by atoms with Crippen molar-refractivity contribution in [2.24, 2.45) is 0 Å². The molecule has 0 aliphatic carbocycles. The van der Waals surface area contributed by atoms with Crippen molar-refractivity contribution < 1.29 is 13.9 Å². The van der Waals surface area contributed by atoms with Crippen LogP contribution in [0, 0.1) is 5.82 Å². The molecule has 0 bridgehead atoms. The number of halogens is 3. The molecule has 0 fully saturated rings. The molecule has 0 saturated heterocycles.